The highest BCUT2D eigenvalue weighted by molar-refractivity contribution is 7.14. The van der Waals surface area contributed by atoms with Crippen molar-refractivity contribution in [3.8, 4) is 0 Å². The van der Waals surface area contributed by atoms with Crippen LogP contribution < -0.4 is 0 Å². The molecule has 1 nitrogen and oxygen atoms in total. The molecule has 0 N–H and O–H groups in total. The normalized spacial score (nSPS) is 9.77. The van der Waals surface area contributed by atoms with Crippen molar-refractivity contribution in [2.75, 3.05) is 0 Å². The van der Waals surface area contributed by atoms with Gasteiger partial charge >= 0.3 is 0 Å². The number of hydrogen-bond acceptors (Lipinski definition) is 2. The number of carbonyl (C=O) groups is 1. The zero-order valence-corrected chi connectivity index (χ0v) is 9.07. The molecule has 0 unspecified atom stereocenters. The first-order chi connectivity index (χ1) is 6.13. The van der Waals surface area contributed by atoms with Gasteiger partial charge in [0.1, 0.15) is 0 Å². The smallest absolute Gasteiger partial charge is 0.195 e. The summed E-state index contributed by atoms with van der Waals surface area (Å²) in [6.45, 7) is 5.97. The maximum atomic E-state index is 11.5. The summed E-state index contributed by atoms with van der Waals surface area (Å²) < 4.78 is 0. The molecule has 1 rings (SSSR count). The minimum atomic E-state index is 0.129. The second kappa shape index (κ2) is 4.38. The van der Waals surface area contributed by atoms with Gasteiger partial charge in [-0.15, -0.1) is 11.3 Å². The van der Waals surface area contributed by atoms with Gasteiger partial charge < -0.3 is 0 Å². The predicted molar refractivity (Wildman–Crippen MR) is 57.5 cm³/mol. The van der Waals surface area contributed by atoms with E-state index in [4.69, 9.17) is 0 Å². The molecule has 0 aliphatic heterocycles. The molecule has 0 aliphatic carbocycles. The van der Waals surface area contributed by atoms with Gasteiger partial charge in [0.15, 0.2) is 5.78 Å². The highest BCUT2D eigenvalue weighted by Gasteiger charge is 2.05. The summed E-state index contributed by atoms with van der Waals surface area (Å²) in [7, 11) is 0. The Hall–Kier alpha value is -0.890. The van der Waals surface area contributed by atoms with Crippen molar-refractivity contribution in [3.63, 3.8) is 0 Å². The monoisotopic (exact) mass is 194 g/mol. The summed E-state index contributed by atoms with van der Waals surface area (Å²) in [5.74, 6) is 0.129. The van der Waals surface area contributed by atoms with Crippen LogP contribution in [0, 0.1) is 0 Å². The molecular formula is C11H14OS. The zero-order chi connectivity index (χ0) is 9.84. The minimum Gasteiger partial charge on any atom is -0.288 e. The van der Waals surface area contributed by atoms with Gasteiger partial charge in [0.25, 0.3) is 0 Å². The van der Waals surface area contributed by atoms with Crippen molar-refractivity contribution < 1.29 is 4.79 Å². The molecule has 0 saturated carbocycles. The Morgan fingerprint density at radius 3 is 2.62 bits per heavy atom. The summed E-state index contributed by atoms with van der Waals surface area (Å²) in [6.07, 6.45) is 2.69. The van der Waals surface area contributed by atoms with Crippen molar-refractivity contribution in [2.24, 2.45) is 0 Å². The second-order valence-corrected chi connectivity index (χ2v) is 4.37. The fourth-order valence-electron chi connectivity index (χ4n) is 1.03. The van der Waals surface area contributed by atoms with E-state index in [1.165, 1.54) is 4.88 Å². The maximum absolute atomic E-state index is 11.5. The Bertz CT molecular complexity index is 330. The van der Waals surface area contributed by atoms with Crippen molar-refractivity contribution in [3.05, 3.63) is 33.5 Å². The van der Waals surface area contributed by atoms with Gasteiger partial charge in [-0.05, 0) is 38.5 Å². The van der Waals surface area contributed by atoms with E-state index in [2.05, 4.69) is 6.92 Å². The molecule has 0 aliphatic rings. The largest absolute Gasteiger partial charge is 0.288 e. The Labute approximate surface area is 83.1 Å². The highest BCUT2D eigenvalue weighted by atomic mass is 32.1. The average Bonchev–Trinajstić information content (AvgIpc) is 2.50. The fourth-order valence-corrected chi connectivity index (χ4v) is 1.89. The van der Waals surface area contributed by atoms with E-state index in [0.717, 1.165) is 16.9 Å². The molecule has 0 atom stereocenters. The number of ketones is 1. The standard InChI is InChI=1S/C11H14OS/c1-4-9-5-6-11(13-9)10(12)7-8(2)3/h5-7H,4H2,1-3H3. The first-order valence-corrected chi connectivity index (χ1v) is 5.23. The Morgan fingerprint density at radius 1 is 1.46 bits per heavy atom. The van der Waals surface area contributed by atoms with E-state index in [9.17, 15) is 4.79 Å². The summed E-state index contributed by atoms with van der Waals surface area (Å²) in [6, 6.07) is 3.93. The zero-order valence-electron chi connectivity index (χ0n) is 8.26. The van der Waals surface area contributed by atoms with Crippen LogP contribution in [0.15, 0.2) is 23.8 Å². The van der Waals surface area contributed by atoms with Gasteiger partial charge in [-0.25, -0.2) is 0 Å². The third-order valence-corrected chi connectivity index (χ3v) is 2.92. The molecular weight excluding hydrogens is 180 g/mol. The van der Waals surface area contributed by atoms with Gasteiger partial charge in [0, 0.05) is 4.88 Å². The van der Waals surface area contributed by atoms with Crippen LogP contribution >= 0.6 is 11.3 Å². The Morgan fingerprint density at radius 2 is 2.15 bits per heavy atom. The van der Waals surface area contributed by atoms with E-state index < -0.39 is 0 Å². The third-order valence-electron chi connectivity index (χ3n) is 1.67. The number of allylic oxidation sites excluding steroid dienone is 2. The molecule has 0 amide bonds. The molecule has 1 aromatic heterocycles. The summed E-state index contributed by atoms with van der Waals surface area (Å²) in [4.78, 5) is 13.6. The van der Waals surface area contributed by atoms with Gasteiger partial charge in [0.05, 0.1) is 4.88 Å². The Balaban J connectivity index is 2.83. The van der Waals surface area contributed by atoms with Crippen molar-refractivity contribution in [1.82, 2.24) is 0 Å². The number of aryl methyl sites for hydroxylation is 1. The Kier molecular flexibility index (Phi) is 3.43. The second-order valence-electron chi connectivity index (χ2n) is 3.21. The molecule has 70 valence electrons. The van der Waals surface area contributed by atoms with Crippen LogP contribution in [0.2, 0.25) is 0 Å². The number of rotatable bonds is 3. The third kappa shape index (κ3) is 2.81. The van der Waals surface area contributed by atoms with Crippen molar-refractivity contribution in [2.45, 2.75) is 27.2 Å². The molecule has 2 heteroatoms. The van der Waals surface area contributed by atoms with Crippen LogP contribution in [0.3, 0.4) is 0 Å². The van der Waals surface area contributed by atoms with Gasteiger partial charge in [-0.1, -0.05) is 12.5 Å². The van der Waals surface area contributed by atoms with Gasteiger partial charge in [-0.3, -0.25) is 4.79 Å². The number of hydrogen-bond donors (Lipinski definition) is 0. The average molecular weight is 194 g/mol. The molecule has 1 aromatic rings. The van der Waals surface area contributed by atoms with Crippen LogP contribution in [-0.2, 0) is 6.42 Å². The molecule has 1 heterocycles. The first-order valence-electron chi connectivity index (χ1n) is 4.41. The molecule has 0 aromatic carbocycles. The molecule has 0 saturated heterocycles. The van der Waals surface area contributed by atoms with E-state index in [1.54, 1.807) is 17.4 Å². The van der Waals surface area contributed by atoms with Crippen LogP contribution in [0.5, 0.6) is 0 Å². The molecule has 0 fully saturated rings. The topological polar surface area (TPSA) is 17.1 Å². The number of thiophene rings is 1. The van der Waals surface area contributed by atoms with Crippen LogP contribution in [0.1, 0.15) is 35.3 Å². The maximum Gasteiger partial charge on any atom is 0.195 e. The lowest BCUT2D eigenvalue weighted by Crippen LogP contribution is -1.89. The summed E-state index contributed by atoms with van der Waals surface area (Å²) in [5.41, 5.74) is 1.05. The molecule has 0 spiro atoms. The summed E-state index contributed by atoms with van der Waals surface area (Å²) >= 11 is 1.59. The van der Waals surface area contributed by atoms with E-state index in [1.807, 2.05) is 26.0 Å². The lowest BCUT2D eigenvalue weighted by molar-refractivity contribution is 0.105. The van der Waals surface area contributed by atoms with E-state index in [0.29, 0.717) is 0 Å². The predicted octanol–water partition coefficient (Wildman–Crippen LogP) is 3.46. The number of carbonyl (C=O) groups excluding carboxylic acids is 1. The lowest BCUT2D eigenvalue weighted by atomic mass is 10.2. The molecule has 0 bridgehead atoms. The SMILES string of the molecule is CCc1ccc(C(=O)C=C(C)C)s1. The first kappa shape index (κ1) is 10.2. The van der Waals surface area contributed by atoms with E-state index >= 15 is 0 Å². The minimum absolute atomic E-state index is 0.129. The lowest BCUT2D eigenvalue weighted by Gasteiger charge is -1.90. The molecule has 13 heavy (non-hydrogen) atoms. The van der Waals surface area contributed by atoms with Crippen molar-refractivity contribution >= 4 is 17.1 Å². The van der Waals surface area contributed by atoms with Crippen LogP contribution in [0.4, 0.5) is 0 Å². The van der Waals surface area contributed by atoms with Crippen LogP contribution in [0.25, 0.3) is 0 Å². The van der Waals surface area contributed by atoms with Crippen LogP contribution in [-0.4, -0.2) is 5.78 Å². The quantitative estimate of drug-likeness (QED) is 0.532. The fraction of sp³-hybridized carbons (Fsp3) is 0.364. The van der Waals surface area contributed by atoms with Crippen molar-refractivity contribution in [1.29, 1.82) is 0 Å². The summed E-state index contributed by atoms with van der Waals surface area (Å²) in [5, 5.41) is 0. The van der Waals surface area contributed by atoms with E-state index in [-0.39, 0.29) is 5.78 Å². The van der Waals surface area contributed by atoms with Gasteiger partial charge in [0.2, 0.25) is 0 Å². The highest BCUT2D eigenvalue weighted by Crippen LogP contribution is 2.18. The van der Waals surface area contributed by atoms with Gasteiger partial charge in [-0.2, -0.15) is 0 Å². The molecule has 0 radical (unpaired) electrons.